The third-order valence-electron chi connectivity index (χ3n) is 9.42. The van der Waals surface area contributed by atoms with Gasteiger partial charge in [-0.15, -0.1) is 0 Å². The molecule has 0 aromatic heterocycles. The fourth-order valence-corrected chi connectivity index (χ4v) is 6.26. The lowest BCUT2D eigenvalue weighted by Crippen LogP contribution is -2.59. The van der Waals surface area contributed by atoms with Gasteiger partial charge < -0.3 is 69.9 Å². The Hall–Kier alpha value is -5.72. The van der Waals surface area contributed by atoms with Crippen LogP contribution in [0, 0.1) is 5.92 Å². The lowest BCUT2D eigenvalue weighted by atomic mass is 9.98. The van der Waals surface area contributed by atoms with Gasteiger partial charge in [0.15, 0.2) is 5.96 Å². The zero-order valence-electron chi connectivity index (χ0n) is 34.2. The minimum Gasteiger partial charge on any atom is -0.481 e. The Morgan fingerprint density at radius 3 is 1.95 bits per heavy atom. The van der Waals surface area contributed by atoms with E-state index in [0.29, 0.717) is 19.3 Å². The van der Waals surface area contributed by atoms with Gasteiger partial charge in [-0.25, -0.2) is 0 Å². The standard InChI is InChI=1S/C35H60N12O12S/c1-5-17(2)27(37)33(57)47-12-7-9-23(47)32(56)45-19(8-6-11-40-35(38)39)28(52)41-16-25(49)43-22(15-26(50)51)31(55)44-20(10-13-60-4)29(53)46-21(14-24(36)48)30(54)42-18(3)34(58)59/h17-23,27H,5-16,37H2,1-4H3,(H2,36,48)(H,41,52)(H,42,54)(H,43,49)(H,44,55)(H,45,56)(H,46,53)(H,50,51)(H,58,59)(H4,38,39,40). The molecule has 8 atom stereocenters. The summed E-state index contributed by atoms with van der Waals surface area (Å²) in [6.07, 6.45) is 1.58. The maximum Gasteiger partial charge on any atom is 0.325 e. The van der Waals surface area contributed by atoms with Crippen molar-refractivity contribution < 1.29 is 58.2 Å². The fourth-order valence-electron chi connectivity index (χ4n) is 5.79. The van der Waals surface area contributed by atoms with Crippen LogP contribution in [0.4, 0.5) is 0 Å². The Kier molecular flexibility index (Phi) is 23.0. The molecule has 0 spiro atoms. The van der Waals surface area contributed by atoms with Crippen molar-refractivity contribution in [3.8, 4) is 0 Å². The normalized spacial score (nSPS) is 16.9. The van der Waals surface area contributed by atoms with Crippen LogP contribution in [0.25, 0.3) is 0 Å². The lowest BCUT2D eigenvalue weighted by Gasteiger charge is -2.30. The van der Waals surface area contributed by atoms with Crippen molar-refractivity contribution in [1.29, 1.82) is 0 Å². The van der Waals surface area contributed by atoms with Gasteiger partial charge in [-0.1, -0.05) is 20.3 Å². The Balaban J connectivity index is 3.14. The highest BCUT2D eigenvalue weighted by Crippen LogP contribution is 2.21. The van der Waals surface area contributed by atoms with Gasteiger partial charge in [0.25, 0.3) is 0 Å². The highest BCUT2D eigenvalue weighted by atomic mass is 32.2. The lowest BCUT2D eigenvalue weighted by molar-refractivity contribution is -0.142. The number of carbonyl (C=O) groups is 10. The molecule has 1 saturated heterocycles. The van der Waals surface area contributed by atoms with Gasteiger partial charge >= 0.3 is 11.9 Å². The molecular formula is C35H60N12O12S. The molecule has 0 aromatic rings. The average molecular weight is 873 g/mol. The van der Waals surface area contributed by atoms with Gasteiger partial charge in [0.05, 0.1) is 25.4 Å². The van der Waals surface area contributed by atoms with Crippen LogP contribution in [0.5, 0.6) is 0 Å². The smallest absolute Gasteiger partial charge is 0.325 e. The first-order chi connectivity index (χ1) is 28.1. The largest absolute Gasteiger partial charge is 0.481 e. The van der Waals surface area contributed by atoms with E-state index in [9.17, 15) is 53.1 Å². The average Bonchev–Trinajstić information content (AvgIpc) is 3.68. The summed E-state index contributed by atoms with van der Waals surface area (Å²) in [6.45, 7) is 4.43. The molecule has 0 saturated carbocycles. The summed E-state index contributed by atoms with van der Waals surface area (Å²) in [6, 6.07) is -9.27. The molecule has 0 radical (unpaired) electrons. The first-order valence-electron chi connectivity index (χ1n) is 19.2. The summed E-state index contributed by atoms with van der Waals surface area (Å²) in [4.78, 5) is 132. The number of rotatable bonds is 27. The number of carboxylic acids is 2. The Morgan fingerprint density at radius 2 is 1.38 bits per heavy atom. The summed E-state index contributed by atoms with van der Waals surface area (Å²) < 4.78 is 0. The third-order valence-corrected chi connectivity index (χ3v) is 10.1. The second kappa shape index (κ2) is 26.4. The molecule has 24 nitrogen and oxygen atoms in total. The number of aliphatic carboxylic acids is 2. The number of nitrogens with zero attached hydrogens (tertiary/aromatic N) is 2. The van der Waals surface area contributed by atoms with Crippen molar-refractivity contribution in [3.05, 3.63) is 0 Å². The van der Waals surface area contributed by atoms with Crippen LogP contribution < -0.4 is 54.8 Å². The number of carbonyl (C=O) groups excluding carboxylic acids is 8. The van der Waals surface area contributed by atoms with E-state index in [4.69, 9.17) is 28.0 Å². The van der Waals surface area contributed by atoms with Crippen LogP contribution in [-0.4, -0.2) is 154 Å². The topological polar surface area (TPSA) is 403 Å². The van der Waals surface area contributed by atoms with Crippen molar-refractivity contribution in [2.75, 3.05) is 31.6 Å². The predicted octanol–water partition coefficient (Wildman–Crippen LogP) is -4.85. The van der Waals surface area contributed by atoms with Crippen molar-refractivity contribution in [1.82, 2.24) is 36.8 Å². The van der Waals surface area contributed by atoms with Crippen LogP contribution in [0.1, 0.15) is 72.1 Å². The predicted molar refractivity (Wildman–Crippen MR) is 217 cm³/mol. The Bertz CT molecular complexity index is 1600. The molecule has 1 fully saturated rings. The first kappa shape index (κ1) is 52.3. The molecule has 16 N–H and O–H groups in total. The summed E-state index contributed by atoms with van der Waals surface area (Å²) >= 11 is 1.26. The molecule has 1 aliphatic rings. The monoisotopic (exact) mass is 872 g/mol. The van der Waals surface area contributed by atoms with Crippen molar-refractivity contribution in [2.24, 2.45) is 33.8 Å². The quantitative estimate of drug-likeness (QED) is 0.0209. The molecule has 60 heavy (non-hydrogen) atoms. The number of carboxylic acid groups (broad SMARTS) is 2. The van der Waals surface area contributed by atoms with Crippen LogP contribution in [-0.2, 0) is 47.9 Å². The van der Waals surface area contributed by atoms with Gasteiger partial charge in [0.1, 0.15) is 36.3 Å². The number of amides is 8. The summed E-state index contributed by atoms with van der Waals surface area (Å²) in [7, 11) is 0. The zero-order chi connectivity index (χ0) is 45.7. The van der Waals surface area contributed by atoms with Gasteiger partial charge in [-0.3, -0.25) is 52.9 Å². The van der Waals surface area contributed by atoms with Crippen LogP contribution >= 0.6 is 11.8 Å². The molecule has 1 aliphatic heterocycles. The van der Waals surface area contributed by atoms with E-state index in [-0.39, 0.29) is 50.0 Å². The van der Waals surface area contributed by atoms with E-state index < -0.39 is 121 Å². The number of thioether (sulfide) groups is 1. The summed E-state index contributed by atoms with van der Waals surface area (Å²) in [5.74, 6) is -10.1. The number of likely N-dealkylation sites (tertiary alicyclic amines) is 1. The fraction of sp³-hybridized carbons (Fsp3) is 0.686. The molecule has 25 heteroatoms. The van der Waals surface area contributed by atoms with E-state index in [0.717, 1.165) is 6.92 Å². The summed E-state index contributed by atoms with van der Waals surface area (Å²) in [5.41, 5.74) is 22.2. The number of hydrogen-bond donors (Lipinski definition) is 12. The molecule has 0 bridgehead atoms. The third kappa shape index (κ3) is 18.5. The van der Waals surface area contributed by atoms with E-state index >= 15 is 0 Å². The van der Waals surface area contributed by atoms with Crippen LogP contribution in [0.3, 0.4) is 0 Å². The number of nitrogens with one attached hydrogen (secondary N) is 6. The zero-order valence-corrected chi connectivity index (χ0v) is 35.0. The molecule has 1 heterocycles. The SMILES string of the molecule is CCC(C)C(N)C(=O)N1CCCC1C(=O)NC(CCCN=C(N)N)C(=O)NCC(=O)NC(CC(=O)O)C(=O)NC(CCSC)C(=O)NC(CC(N)=O)C(=O)NC(C)C(=O)O. The Labute approximate surface area is 351 Å². The first-order valence-corrected chi connectivity index (χ1v) is 20.6. The summed E-state index contributed by atoms with van der Waals surface area (Å²) in [5, 5.41) is 32.5. The highest BCUT2D eigenvalue weighted by Gasteiger charge is 2.39. The maximum absolute atomic E-state index is 13.5. The minimum atomic E-state index is -1.79. The van der Waals surface area contributed by atoms with Gasteiger partial charge in [0, 0.05) is 13.1 Å². The molecule has 1 rings (SSSR count). The molecule has 338 valence electrons. The van der Waals surface area contributed by atoms with E-state index in [1.807, 2.05) is 13.8 Å². The van der Waals surface area contributed by atoms with Crippen LogP contribution in [0.2, 0.25) is 0 Å². The number of aliphatic imine (C=N–C) groups is 1. The molecular weight excluding hydrogens is 813 g/mol. The minimum absolute atomic E-state index is 0.00684. The van der Waals surface area contributed by atoms with Crippen molar-refractivity contribution in [3.63, 3.8) is 0 Å². The van der Waals surface area contributed by atoms with Crippen LogP contribution in [0.15, 0.2) is 4.99 Å². The molecule has 8 amide bonds. The second-order valence-electron chi connectivity index (χ2n) is 14.2. The van der Waals surface area contributed by atoms with E-state index in [1.165, 1.54) is 16.7 Å². The van der Waals surface area contributed by atoms with Gasteiger partial charge in [-0.2, -0.15) is 11.8 Å². The molecule has 0 aliphatic carbocycles. The van der Waals surface area contributed by atoms with Gasteiger partial charge in [0.2, 0.25) is 47.3 Å². The Morgan fingerprint density at radius 1 is 0.800 bits per heavy atom. The number of primary amides is 1. The maximum atomic E-state index is 13.5. The molecule has 8 unspecified atom stereocenters. The van der Waals surface area contributed by atoms with Gasteiger partial charge in [-0.05, 0) is 57.0 Å². The van der Waals surface area contributed by atoms with E-state index in [1.54, 1.807) is 6.26 Å². The highest BCUT2D eigenvalue weighted by molar-refractivity contribution is 7.98. The van der Waals surface area contributed by atoms with E-state index in [2.05, 4.69) is 36.9 Å². The number of nitrogens with two attached hydrogens (primary N) is 4. The number of hydrogen-bond acceptors (Lipinski definition) is 13. The van der Waals surface area contributed by atoms with Crippen molar-refractivity contribution in [2.45, 2.75) is 114 Å². The second-order valence-corrected chi connectivity index (χ2v) is 15.2. The molecule has 0 aromatic carbocycles. The van der Waals surface area contributed by atoms with Crippen molar-refractivity contribution >= 4 is 76.9 Å². The number of guanidine groups is 1.